The van der Waals surface area contributed by atoms with E-state index < -0.39 is 0 Å². The summed E-state index contributed by atoms with van der Waals surface area (Å²) in [7, 11) is 0. The van der Waals surface area contributed by atoms with E-state index in [1.54, 1.807) is 6.20 Å². The number of amides is 1. The highest BCUT2D eigenvalue weighted by Crippen LogP contribution is 2.13. The van der Waals surface area contributed by atoms with Gasteiger partial charge in [-0.15, -0.1) is 0 Å². The molecule has 7 nitrogen and oxygen atoms in total. The Balaban J connectivity index is 1.54. The summed E-state index contributed by atoms with van der Waals surface area (Å²) in [4.78, 5) is 18.4. The van der Waals surface area contributed by atoms with Crippen molar-refractivity contribution in [3.63, 3.8) is 0 Å². The van der Waals surface area contributed by atoms with E-state index in [0.29, 0.717) is 25.3 Å². The third-order valence-corrected chi connectivity index (χ3v) is 3.87. The molecule has 3 rings (SSSR count). The summed E-state index contributed by atoms with van der Waals surface area (Å²) in [5, 5.41) is 16.4. The van der Waals surface area contributed by atoms with Gasteiger partial charge in [-0.05, 0) is 24.6 Å². The van der Waals surface area contributed by atoms with Crippen LogP contribution in [-0.4, -0.2) is 43.8 Å². The first kappa shape index (κ1) is 15.6. The number of carbonyl (C=O) groups excluding carboxylic acids is 1. The number of hydrogen-bond donors (Lipinski definition) is 2. The molecule has 0 saturated carbocycles. The summed E-state index contributed by atoms with van der Waals surface area (Å²) in [5.74, 6) is -0.00833. The Kier molecular flexibility index (Phi) is 4.99. The van der Waals surface area contributed by atoms with E-state index in [1.165, 1.54) is 0 Å². The molecule has 23 heavy (non-hydrogen) atoms. The number of aryl methyl sites for hydroxylation is 1. The van der Waals surface area contributed by atoms with E-state index in [4.69, 9.17) is 0 Å². The zero-order valence-electron chi connectivity index (χ0n) is 13.0. The summed E-state index contributed by atoms with van der Waals surface area (Å²) in [6, 6.07) is 7.56. The molecule has 2 N–H and O–H groups in total. The molecule has 7 heteroatoms. The van der Waals surface area contributed by atoms with E-state index in [0.717, 1.165) is 30.9 Å². The number of aliphatic hydroxyl groups excluding tert-OH is 1. The lowest BCUT2D eigenvalue weighted by molar-refractivity contribution is -0.122. The van der Waals surface area contributed by atoms with E-state index in [2.05, 4.69) is 20.3 Å². The number of aromatic nitrogens is 3. The summed E-state index contributed by atoms with van der Waals surface area (Å²) in [6.45, 7) is 3.09. The van der Waals surface area contributed by atoms with Crippen LogP contribution >= 0.6 is 0 Å². The largest absolute Gasteiger partial charge is 0.390 e. The van der Waals surface area contributed by atoms with Crippen LogP contribution in [0.3, 0.4) is 0 Å². The molecule has 0 unspecified atom stereocenters. The van der Waals surface area contributed by atoms with Crippen LogP contribution in [0.1, 0.15) is 23.5 Å². The van der Waals surface area contributed by atoms with E-state index in [1.807, 2.05) is 28.9 Å². The molecule has 0 spiro atoms. The maximum Gasteiger partial charge on any atom is 0.234 e. The Morgan fingerprint density at radius 2 is 2.22 bits per heavy atom. The highest BCUT2D eigenvalue weighted by Gasteiger charge is 2.18. The molecule has 1 aliphatic heterocycles. The molecule has 0 bridgehead atoms. The summed E-state index contributed by atoms with van der Waals surface area (Å²) in [5.41, 5.74) is 2.58. The lowest BCUT2D eigenvalue weighted by atomic mass is 10.3. The van der Waals surface area contributed by atoms with E-state index in [9.17, 15) is 9.90 Å². The quantitative estimate of drug-likeness (QED) is 0.829. The molecule has 0 aromatic carbocycles. The van der Waals surface area contributed by atoms with Crippen LogP contribution in [0.2, 0.25) is 0 Å². The van der Waals surface area contributed by atoms with Gasteiger partial charge >= 0.3 is 0 Å². The van der Waals surface area contributed by atoms with Gasteiger partial charge in [-0.3, -0.25) is 19.4 Å². The lowest BCUT2D eigenvalue weighted by Crippen LogP contribution is -2.36. The Morgan fingerprint density at radius 1 is 1.30 bits per heavy atom. The van der Waals surface area contributed by atoms with Gasteiger partial charge in [-0.1, -0.05) is 6.07 Å². The molecule has 0 aliphatic carbocycles. The molecular formula is C16H21N5O2. The number of pyridine rings is 1. The number of nitrogens with zero attached hydrogens (tertiary/aromatic N) is 4. The Bertz CT molecular complexity index is 656. The highest BCUT2D eigenvalue weighted by atomic mass is 16.3. The van der Waals surface area contributed by atoms with Gasteiger partial charge < -0.3 is 10.4 Å². The first-order chi connectivity index (χ1) is 11.2. The fourth-order valence-electron chi connectivity index (χ4n) is 2.75. The van der Waals surface area contributed by atoms with E-state index in [-0.39, 0.29) is 12.5 Å². The van der Waals surface area contributed by atoms with E-state index >= 15 is 0 Å². The maximum atomic E-state index is 12.1. The predicted octanol–water partition coefficient (Wildman–Crippen LogP) is 0.292. The number of rotatable bonds is 5. The predicted molar refractivity (Wildman–Crippen MR) is 84.1 cm³/mol. The van der Waals surface area contributed by atoms with Crippen molar-refractivity contribution in [3.05, 3.63) is 47.5 Å². The van der Waals surface area contributed by atoms with Crippen LogP contribution in [0, 0.1) is 0 Å². The van der Waals surface area contributed by atoms with Crippen molar-refractivity contribution in [2.24, 2.45) is 0 Å². The number of aliphatic hydroxyl groups is 1. The van der Waals surface area contributed by atoms with Crippen molar-refractivity contribution < 1.29 is 9.90 Å². The van der Waals surface area contributed by atoms with Crippen molar-refractivity contribution in [1.82, 2.24) is 25.0 Å². The van der Waals surface area contributed by atoms with Crippen molar-refractivity contribution in [2.45, 2.75) is 32.7 Å². The first-order valence-corrected chi connectivity index (χ1v) is 7.80. The molecule has 122 valence electrons. The smallest absolute Gasteiger partial charge is 0.234 e. The van der Waals surface area contributed by atoms with Gasteiger partial charge in [0.05, 0.1) is 36.8 Å². The molecule has 3 heterocycles. The van der Waals surface area contributed by atoms with Gasteiger partial charge in [0.15, 0.2) is 0 Å². The summed E-state index contributed by atoms with van der Waals surface area (Å²) < 4.78 is 1.93. The minimum Gasteiger partial charge on any atom is -0.390 e. The average molecular weight is 315 g/mol. The molecule has 2 aromatic heterocycles. The SMILES string of the molecule is O=C(CN1CCCn2nc(CO)cc2C1)NCc1ccccn1. The second-order valence-corrected chi connectivity index (χ2v) is 5.67. The normalized spacial score (nSPS) is 15.0. The van der Waals surface area contributed by atoms with Crippen LogP contribution in [0.15, 0.2) is 30.5 Å². The fraction of sp³-hybridized carbons (Fsp3) is 0.438. The molecule has 0 radical (unpaired) electrons. The zero-order valence-corrected chi connectivity index (χ0v) is 13.0. The number of hydrogen-bond acceptors (Lipinski definition) is 5. The summed E-state index contributed by atoms with van der Waals surface area (Å²) in [6.07, 6.45) is 2.66. The molecular weight excluding hydrogens is 294 g/mol. The topological polar surface area (TPSA) is 83.3 Å². The Labute approximate surface area is 134 Å². The van der Waals surface area contributed by atoms with Crippen LogP contribution in [0.25, 0.3) is 0 Å². The molecule has 1 aliphatic rings. The van der Waals surface area contributed by atoms with Gasteiger partial charge in [0, 0.05) is 25.8 Å². The standard InChI is InChI=1S/C16H21N5O2/c22-12-14-8-15-10-20(6-3-7-21(15)19-14)11-16(23)18-9-13-4-1-2-5-17-13/h1-2,4-5,8,22H,3,6-7,9-12H2,(H,18,23). The van der Waals surface area contributed by atoms with Gasteiger partial charge in [0.2, 0.25) is 5.91 Å². The monoisotopic (exact) mass is 315 g/mol. The Hall–Kier alpha value is -2.25. The minimum atomic E-state index is -0.0510. The lowest BCUT2D eigenvalue weighted by Gasteiger charge is -2.18. The maximum absolute atomic E-state index is 12.1. The van der Waals surface area contributed by atoms with Crippen LogP contribution < -0.4 is 5.32 Å². The molecule has 0 fully saturated rings. The second kappa shape index (κ2) is 7.34. The van der Waals surface area contributed by atoms with Gasteiger partial charge in [-0.25, -0.2) is 0 Å². The molecule has 0 saturated heterocycles. The highest BCUT2D eigenvalue weighted by molar-refractivity contribution is 5.77. The third-order valence-electron chi connectivity index (χ3n) is 3.87. The van der Waals surface area contributed by atoms with Crippen molar-refractivity contribution in [1.29, 1.82) is 0 Å². The molecule has 1 amide bonds. The average Bonchev–Trinajstić information content (AvgIpc) is 2.86. The molecule has 0 atom stereocenters. The molecule has 2 aromatic rings. The third kappa shape index (κ3) is 4.14. The fourth-order valence-corrected chi connectivity index (χ4v) is 2.75. The number of fused-ring (bicyclic) bond motifs is 1. The van der Waals surface area contributed by atoms with Crippen LogP contribution in [0.5, 0.6) is 0 Å². The second-order valence-electron chi connectivity index (χ2n) is 5.67. The number of carbonyl (C=O) groups is 1. The van der Waals surface area contributed by atoms with Gasteiger partial charge in [-0.2, -0.15) is 5.10 Å². The number of nitrogens with one attached hydrogen (secondary N) is 1. The van der Waals surface area contributed by atoms with Crippen LogP contribution in [0.4, 0.5) is 0 Å². The van der Waals surface area contributed by atoms with Gasteiger partial charge in [0.25, 0.3) is 0 Å². The Morgan fingerprint density at radius 3 is 3.00 bits per heavy atom. The van der Waals surface area contributed by atoms with Crippen molar-refractivity contribution in [2.75, 3.05) is 13.1 Å². The van der Waals surface area contributed by atoms with Crippen molar-refractivity contribution >= 4 is 5.91 Å². The summed E-state index contributed by atoms with van der Waals surface area (Å²) >= 11 is 0. The zero-order chi connectivity index (χ0) is 16.1. The van der Waals surface area contributed by atoms with Crippen molar-refractivity contribution in [3.8, 4) is 0 Å². The van der Waals surface area contributed by atoms with Crippen LogP contribution in [-0.2, 0) is 31.0 Å². The minimum absolute atomic E-state index is 0.00833. The van der Waals surface area contributed by atoms with Gasteiger partial charge in [0.1, 0.15) is 0 Å². The first-order valence-electron chi connectivity index (χ1n) is 7.80.